The highest BCUT2D eigenvalue weighted by molar-refractivity contribution is 7.15. The van der Waals surface area contributed by atoms with Crippen LogP contribution in [0.2, 0.25) is 0 Å². The maximum Gasteiger partial charge on any atom is 0.286 e. The lowest BCUT2D eigenvalue weighted by molar-refractivity contribution is 0.102. The average molecular weight is 418 g/mol. The number of aromatic nitrogens is 2. The van der Waals surface area contributed by atoms with Gasteiger partial charge in [-0.2, -0.15) is 0 Å². The van der Waals surface area contributed by atoms with Gasteiger partial charge in [-0.05, 0) is 47.9 Å². The Morgan fingerprint density at radius 2 is 1.93 bits per heavy atom. The number of carbonyl (C=O) groups is 1. The molecular formula is C20H17ClFN3O2S. The van der Waals surface area contributed by atoms with E-state index in [1.54, 1.807) is 12.1 Å². The van der Waals surface area contributed by atoms with Gasteiger partial charge in [0.1, 0.15) is 0 Å². The van der Waals surface area contributed by atoms with Gasteiger partial charge in [-0.1, -0.05) is 48.1 Å². The summed E-state index contributed by atoms with van der Waals surface area (Å²) in [7, 11) is 1.40. The van der Waals surface area contributed by atoms with E-state index in [9.17, 15) is 9.18 Å². The molecule has 0 aliphatic rings. The van der Waals surface area contributed by atoms with E-state index in [0.717, 1.165) is 17.8 Å². The largest absolute Gasteiger partial charge is 0.494 e. The summed E-state index contributed by atoms with van der Waals surface area (Å²) in [5.74, 6) is -0.713. The predicted molar refractivity (Wildman–Crippen MR) is 110 cm³/mol. The zero-order valence-corrected chi connectivity index (χ0v) is 16.8. The molecule has 3 rings (SSSR count). The molecule has 144 valence electrons. The Morgan fingerprint density at radius 3 is 2.57 bits per heavy atom. The number of aryl methyl sites for hydroxylation is 1. The zero-order valence-electron chi connectivity index (χ0n) is 15.2. The van der Waals surface area contributed by atoms with Gasteiger partial charge in [0.05, 0.1) is 12.1 Å². The Bertz CT molecular complexity index is 1020. The number of nitrogens with one attached hydrogen (secondary N) is 1. The molecule has 0 unspecified atom stereocenters. The van der Waals surface area contributed by atoms with Crippen molar-refractivity contribution in [2.75, 3.05) is 12.4 Å². The number of nitrogens with zero attached hydrogens (tertiary/aromatic N) is 2. The van der Waals surface area contributed by atoms with Crippen molar-refractivity contribution < 1.29 is 13.9 Å². The molecule has 0 aliphatic carbocycles. The summed E-state index contributed by atoms with van der Waals surface area (Å²) in [4.78, 5) is 12.3. The number of halogens is 2. The van der Waals surface area contributed by atoms with Crippen LogP contribution in [0, 0.1) is 5.82 Å². The fourth-order valence-corrected chi connectivity index (χ4v) is 3.33. The molecule has 28 heavy (non-hydrogen) atoms. The molecule has 0 atom stereocenters. The summed E-state index contributed by atoms with van der Waals surface area (Å²) in [6, 6.07) is 12.1. The first kappa shape index (κ1) is 20.0. The van der Waals surface area contributed by atoms with Gasteiger partial charge >= 0.3 is 0 Å². The first-order valence-corrected chi connectivity index (χ1v) is 9.64. The highest BCUT2D eigenvalue weighted by atomic mass is 35.5. The lowest BCUT2D eigenvalue weighted by Gasteiger charge is -2.03. The minimum Gasteiger partial charge on any atom is -0.494 e. The molecule has 1 heterocycles. The number of ether oxygens (including phenoxy) is 1. The molecule has 0 saturated heterocycles. The van der Waals surface area contributed by atoms with Gasteiger partial charge in [-0.15, -0.1) is 10.2 Å². The van der Waals surface area contributed by atoms with Crippen LogP contribution in [0.25, 0.3) is 11.1 Å². The van der Waals surface area contributed by atoms with Gasteiger partial charge < -0.3 is 10.1 Å². The third-order valence-electron chi connectivity index (χ3n) is 3.91. The fourth-order valence-electron chi connectivity index (χ4n) is 2.40. The third kappa shape index (κ3) is 4.74. The standard InChI is InChI=1S/C20H17ClFN3O2S/c1-3-12-4-7-14(8-5-12)23-18(26)20-25-24-19(28-20)15(21)10-13-6-9-17(27-2)16(22)11-13/h4-11H,3H2,1-2H3,(H,23,26)/b15-10-. The van der Waals surface area contributed by atoms with Crippen LogP contribution in [-0.4, -0.2) is 23.2 Å². The first-order valence-electron chi connectivity index (χ1n) is 8.45. The summed E-state index contributed by atoms with van der Waals surface area (Å²) in [5.41, 5.74) is 2.40. The van der Waals surface area contributed by atoms with Crippen LogP contribution < -0.4 is 10.1 Å². The van der Waals surface area contributed by atoms with Crippen molar-refractivity contribution in [2.45, 2.75) is 13.3 Å². The van der Waals surface area contributed by atoms with Gasteiger partial charge in [0.15, 0.2) is 16.6 Å². The summed E-state index contributed by atoms with van der Waals surface area (Å²) in [5, 5.41) is 11.4. The quantitative estimate of drug-likeness (QED) is 0.595. The predicted octanol–water partition coefficient (Wildman–Crippen LogP) is 5.24. The molecule has 1 amide bonds. The van der Waals surface area contributed by atoms with Gasteiger partial charge in [-0.25, -0.2) is 4.39 Å². The number of carbonyl (C=O) groups excluding carboxylic acids is 1. The van der Waals surface area contributed by atoms with E-state index in [-0.39, 0.29) is 21.7 Å². The van der Waals surface area contributed by atoms with Crippen molar-refractivity contribution in [2.24, 2.45) is 0 Å². The minimum atomic E-state index is -0.493. The second kappa shape index (κ2) is 8.95. The van der Waals surface area contributed by atoms with Gasteiger partial charge in [0, 0.05) is 5.69 Å². The molecule has 0 spiro atoms. The van der Waals surface area contributed by atoms with E-state index >= 15 is 0 Å². The summed E-state index contributed by atoms with van der Waals surface area (Å²) < 4.78 is 18.7. The Hall–Kier alpha value is -2.77. The van der Waals surface area contributed by atoms with Gasteiger partial charge in [0.25, 0.3) is 5.91 Å². The maximum absolute atomic E-state index is 13.8. The normalized spacial score (nSPS) is 11.4. The lowest BCUT2D eigenvalue weighted by Crippen LogP contribution is -2.11. The van der Waals surface area contributed by atoms with Crippen LogP contribution in [0.1, 0.15) is 32.9 Å². The van der Waals surface area contributed by atoms with E-state index in [2.05, 4.69) is 22.4 Å². The highest BCUT2D eigenvalue weighted by Gasteiger charge is 2.15. The van der Waals surface area contributed by atoms with Gasteiger partial charge in [0.2, 0.25) is 5.01 Å². The number of hydrogen-bond acceptors (Lipinski definition) is 5. The van der Waals surface area contributed by atoms with Crippen molar-refractivity contribution in [3.8, 4) is 5.75 Å². The van der Waals surface area contributed by atoms with Crippen LogP contribution >= 0.6 is 22.9 Å². The first-order chi connectivity index (χ1) is 13.5. The number of rotatable bonds is 6. The Kier molecular flexibility index (Phi) is 6.38. The monoisotopic (exact) mass is 417 g/mol. The molecule has 1 aromatic heterocycles. The SMILES string of the molecule is CCc1ccc(NC(=O)c2nnc(/C(Cl)=C/c3ccc(OC)c(F)c3)s2)cc1. The second-order valence-corrected chi connectivity index (χ2v) is 7.19. The lowest BCUT2D eigenvalue weighted by atomic mass is 10.1. The minimum absolute atomic E-state index is 0.148. The number of amides is 1. The Labute approximate surface area is 170 Å². The van der Waals surface area contributed by atoms with Crippen LogP contribution in [0.3, 0.4) is 0 Å². The van der Waals surface area contributed by atoms with E-state index in [1.807, 2.05) is 24.3 Å². The fraction of sp³-hybridized carbons (Fsp3) is 0.150. The van der Waals surface area contributed by atoms with Crippen molar-refractivity contribution in [3.05, 3.63) is 69.4 Å². The maximum atomic E-state index is 13.8. The number of methoxy groups -OCH3 is 1. The van der Waals surface area contributed by atoms with Crippen LogP contribution in [0.15, 0.2) is 42.5 Å². The van der Waals surface area contributed by atoms with E-state index in [0.29, 0.717) is 16.3 Å². The summed E-state index contributed by atoms with van der Waals surface area (Å²) in [6.07, 6.45) is 2.48. The summed E-state index contributed by atoms with van der Waals surface area (Å²) in [6.45, 7) is 2.06. The molecule has 0 fully saturated rings. The highest BCUT2D eigenvalue weighted by Crippen LogP contribution is 2.27. The molecule has 0 bridgehead atoms. The van der Waals surface area contributed by atoms with Crippen molar-refractivity contribution in [3.63, 3.8) is 0 Å². The molecule has 3 aromatic rings. The van der Waals surface area contributed by atoms with E-state index < -0.39 is 5.82 Å². The molecule has 8 heteroatoms. The van der Waals surface area contributed by atoms with Crippen molar-refractivity contribution >= 4 is 45.6 Å². The molecule has 0 radical (unpaired) electrons. The van der Waals surface area contributed by atoms with Gasteiger partial charge in [-0.3, -0.25) is 4.79 Å². The molecular weight excluding hydrogens is 401 g/mol. The smallest absolute Gasteiger partial charge is 0.286 e. The molecule has 2 aromatic carbocycles. The van der Waals surface area contributed by atoms with E-state index in [1.165, 1.54) is 24.8 Å². The number of benzene rings is 2. The Balaban J connectivity index is 1.73. The van der Waals surface area contributed by atoms with Crippen LogP contribution in [0.5, 0.6) is 5.75 Å². The zero-order chi connectivity index (χ0) is 20.1. The third-order valence-corrected chi connectivity index (χ3v) is 5.27. The van der Waals surface area contributed by atoms with Crippen LogP contribution in [0.4, 0.5) is 10.1 Å². The van der Waals surface area contributed by atoms with E-state index in [4.69, 9.17) is 16.3 Å². The number of hydrogen-bond donors (Lipinski definition) is 1. The second-order valence-electron chi connectivity index (χ2n) is 5.80. The average Bonchev–Trinajstić information content (AvgIpc) is 3.19. The Morgan fingerprint density at radius 1 is 1.21 bits per heavy atom. The topological polar surface area (TPSA) is 64.1 Å². The van der Waals surface area contributed by atoms with Crippen molar-refractivity contribution in [1.29, 1.82) is 0 Å². The molecule has 0 aliphatic heterocycles. The molecule has 5 nitrogen and oxygen atoms in total. The molecule has 0 saturated carbocycles. The van der Waals surface area contributed by atoms with Crippen LogP contribution in [-0.2, 0) is 6.42 Å². The summed E-state index contributed by atoms with van der Waals surface area (Å²) >= 11 is 7.32. The van der Waals surface area contributed by atoms with Crippen molar-refractivity contribution in [1.82, 2.24) is 10.2 Å². The number of anilines is 1. The molecule has 1 N–H and O–H groups in total.